The fourth-order valence-electron chi connectivity index (χ4n) is 0.475. The second-order valence-corrected chi connectivity index (χ2v) is 3.54. The molecule has 0 aliphatic carbocycles. The van der Waals surface area contributed by atoms with Crippen molar-refractivity contribution in [1.82, 2.24) is 0 Å². The van der Waals surface area contributed by atoms with Gasteiger partial charge in [-0.25, -0.2) is 0 Å². The molecule has 13 heavy (non-hydrogen) atoms. The van der Waals surface area contributed by atoms with Crippen LogP contribution in [0.1, 0.15) is 32.6 Å². The number of aliphatic carboxylic acids is 1. The number of hydrogen-bond acceptors (Lipinski definition) is 1. The van der Waals surface area contributed by atoms with Crippen molar-refractivity contribution in [3.05, 3.63) is 6.92 Å². The van der Waals surface area contributed by atoms with Gasteiger partial charge < -0.3 is 12.0 Å². The predicted octanol–water partition coefficient (Wildman–Crippen LogP) is 3.27. The molecular weight excluding hydrogens is 258 g/mol. The third-order valence-electron chi connectivity index (χ3n) is 0.922. The molecule has 0 spiro atoms. The first-order chi connectivity index (χ1) is 5.50. The molecule has 2 nitrogen and oxygen atoms in total. The number of halogens is 2. The van der Waals surface area contributed by atoms with Crippen LogP contribution in [0.2, 0.25) is 0 Å². The van der Waals surface area contributed by atoms with E-state index in [1.54, 1.807) is 0 Å². The van der Waals surface area contributed by atoms with E-state index < -0.39 is 5.97 Å². The second kappa shape index (κ2) is 15.0. The zero-order valence-electron chi connectivity index (χ0n) is 7.54. The van der Waals surface area contributed by atoms with Gasteiger partial charge in [-0.15, -0.1) is 23.2 Å². The maximum absolute atomic E-state index is 9.00. The summed E-state index contributed by atoms with van der Waals surface area (Å²) in [7, 11) is 0. The molecule has 0 aromatic heterocycles. The van der Waals surface area contributed by atoms with Crippen molar-refractivity contribution in [3.63, 3.8) is 0 Å². The SMILES string of the molecule is CC(=O)O.[CH2-]CCCCC(Cl)Cl.[Ni]. The monoisotopic (exact) mass is 271 g/mol. The Morgan fingerprint density at radius 2 is 1.85 bits per heavy atom. The summed E-state index contributed by atoms with van der Waals surface area (Å²) < 4.78 is 0. The number of carbonyl (C=O) groups is 1. The summed E-state index contributed by atoms with van der Waals surface area (Å²) in [6, 6.07) is 0. The molecule has 84 valence electrons. The minimum Gasteiger partial charge on any atom is -0.481 e. The molecule has 1 N–H and O–H groups in total. The van der Waals surface area contributed by atoms with Crippen LogP contribution in [0.4, 0.5) is 0 Å². The molecule has 0 heterocycles. The average Bonchev–Trinajstić information content (AvgIpc) is 1.86. The first-order valence-electron chi connectivity index (χ1n) is 3.77. The first-order valence-corrected chi connectivity index (χ1v) is 4.65. The summed E-state index contributed by atoms with van der Waals surface area (Å²) in [5, 5.41) is 7.42. The molecule has 0 saturated carbocycles. The Morgan fingerprint density at radius 1 is 1.46 bits per heavy atom. The molecule has 0 aliphatic rings. The normalized spacial score (nSPS) is 8.38. The molecule has 0 unspecified atom stereocenters. The van der Waals surface area contributed by atoms with Crippen molar-refractivity contribution in [2.45, 2.75) is 37.4 Å². The molecule has 0 aromatic carbocycles. The maximum Gasteiger partial charge on any atom is 0.300 e. The summed E-state index contributed by atoms with van der Waals surface area (Å²) in [4.78, 5) is 8.82. The molecule has 5 heteroatoms. The number of unbranched alkanes of at least 4 members (excludes halogenated alkanes) is 2. The quantitative estimate of drug-likeness (QED) is 0.369. The van der Waals surface area contributed by atoms with E-state index in [0.717, 1.165) is 32.6 Å². The van der Waals surface area contributed by atoms with Crippen molar-refractivity contribution in [3.8, 4) is 0 Å². The van der Waals surface area contributed by atoms with Gasteiger partial charge in [-0.3, -0.25) is 4.79 Å². The van der Waals surface area contributed by atoms with Crippen molar-refractivity contribution in [2.24, 2.45) is 0 Å². The zero-order valence-corrected chi connectivity index (χ0v) is 10.0. The van der Waals surface area contributed by atoms with Crippen LogP contribution in [0.25, 0.3) is 0 Å². The molecule has 0 saturated heterocycles. The van der Waals surface area contributed by atoms with Gasteiger partial charge in [-0.05, 0) is 6.42 Å². The smallest absolute Gasteiger partial charge is 0.300 e. The van der Waals surface area contributed by atoms with Gasteiger partial charge in [0.15, 0.2) is 0 Å². The van der Waals surface area contributed by atoms with Crippen LogP contribution in [0.15, 0.2) is 0 Å². The Labute approximate surface area is 99.9 Å². The Kier molecular flexibility index (Phi) is 22.2. The van der Waals surface area contributed by atoms with Crippen molar-refractivity contribution < 1.29 is 26.4 Å². The van der Waals surface area contributed by atoms with Crippen LogP contribution in [0, 0.1) is 6.92 Å². The summed E-state index contributed by atoms with van der Waals surface area (Å²) >= 11 is 10.9. The van der Waals surface area contributed by atoms with E-state index in [-0.39, 0.29) is 21.3 Å². The molecule has 0 radical (unpaired) electrons. The van der Waals surface area contributed by atoms with Gasteiger partial charge in [-0.1, -0.05) is 12.8 Å². The minimum atomic E-state index is -0.833. The Morgan fingerprint density at radius 3 is 2.08 bits per heavy atom. The summed E-state index contributed by atoms with van der Waals surface area (Å²) in [5.41, 5.74) is 0. The number of hydrogen-bond donors (Lipinski definition) is 1. The van der Waals surface area contributed by atoms with E-state index in [9.17, 15) is 0 Å². The molecular formula is C8H15Cl2NiO2-. The minimum absolute atomic E-state index is 0. The van der Waals surface area contributed by atoms with Gasteiger partial charge in [0, 0.05) is 23.4 Å². The molecule has 0 atom stereocenters. The van der Waals surface area contributed by atoms with E-state index in [1.807, 2.05) is 0 Å². The molecule has 0 aliphatic heterocycles. The van der Waals surface area contributed by atoms with Crippen LogP contribution < -0.4 is 0 Å². The van der Waals surface area contributed by atoms with E-state index in [4.69, 9.17) is 33.1 Å². The maximum atomic E-state index is 9.00. The van der Waals surface area contributed by atoms with Crippen LogP contribution in [-0.2, 0) is 21.3 Å². The van der Waals surface area contributed by atoms with Crippen LogP contribution in [0.5, 0.6) is 0 Å². The summed E-state index contributed by atoms with van der Waals surface area (Å²) in [6.45, 7) is 4.78. The first kappa shape index (κ1) is 19.2. The van der Waals surface area contributed by atoms with E-state index in [1.165, 1.54) is 0 Å². The van der Waals surface area contributed by atoms with Crippen LogP contribution >= 0.6 is 23.2 Å². The Bertz CT molecular complexity index is 106. The third-order valence-corrected chi connectivity index (χ3v) is 1.36. The standard InChI is InChI=1S/C6H11Cl2.C2H4O2.Ni/c1-2-3-4-5-6(7)8;1-2(3)4;/h6H,1-5H2;1H3,(H,3,4);/q-1;;. The molecule has 0 aromatic rings. The number of rotatable bonds is 4. The fourth-order valence-corrected chi connectivity index (χ4v) is 0.784. The van der Waals surface area contributed by atoms with Gasteiger partial charge in [0.05, 0.1) is 0 Å². The van der Waals surface area contributed by atoms with Crippen molar-refractivity contribution >= 4 is 29.2 Å². The largest absolute Gasteiger partial charge is 0.481 e. The van der Waals surface area contributed by atoms with E-state index in [2.05, 4.69) is 6.92 Å². The Hall–Kier alpha value is 0.544. The Balaban J connectivity index is -0.000000173. The topological polar surface area (TPSA) is 37.3 Å². The van der Waals surface area contributed by atoms with Gasteiger partial charge in [0.25, 0.3) is 5.97 Å². The molecule has 0 bridgehead atoms. The van der Waals surface area contributed by atoms with Crippen LogP contribution in [0.3, 0.4) is 0 Å². The molecule has 0 fully saturated rings. The average molecular weight is 273 g/mol. The second-order valence-electron chi connectivity index (χ2n) is 2.26. The van der Waals surface area contributed by atoms with Crippen molar-refractivity contribution in [2.75, 3.05) is 0 Å². The predicted molar refractivity (Wildman–Crippen MR) is 52.6 cm³/mol. The number of carboxylic acid groups (broad SMARTS) is 1. The third kappa shape index (κ3) is 45.4. The zero-order chi connectivity index (χ0) is 9.98. The fraction of sp³-hybridized carbons (Fsp3) is 0.750. The van der Waals surface area contributed by atoms with Gasteiger partial charge in [0.2, 0.25) is 0 Å². The number of carboxylic acids is 1. The molecule has 0 rings (SSSR count). The van der Waals surface area contributed by atoms with E-state index in [0.29, 0.717) is 0 Å². The number of alkyl halides is 2. The van der Waals surface area contributed by atoms with Gasteiger partial charge in [0.1, 0.15) is 4.84 Å². The summed E-state index contributed by atoms with van der Waals surface area (Å²) in [5.74, 6) is -0.833. The van der Waals surface area contributed by atoms with Gasteiger partial charge in [-0.2, -0.15) is 6.42 Å². The summed E-state index contributed by atoms with van der Waals surface area (Å²) in [6.07, 6.45) is 4.12. The van der Waals surface area contributed by atoms with Crippen molar-refractivity contribution in [1.29, 1.82) is 0 Å². The molecule has 0 amide bonds. The van der Waals surface area contributed by atoms with Gasteiger partial charge >= 0.3 is 0 Å². The van der Waals surface area contributed by atoms with E-state index >= 15 is 0 Å². The van der Waals surface area contributed by atoms with Crippen LogP contribution in [-0.4, -0.2) is 15.9 Å².